The van der Waals surface area contributed by atoms with E-state index in [0.717, 1.165) is 6.54 Å². The van der Waals surface area contributed by atoms with E-state index in [4.69, 9.17) is 19.3 Å². The lowest BCUT2D eigenvalue weighted by molar-refractivity contribution is 0.130. The summed E-state index contributed by atoms with van der Waals surface area (Å²) in [4.78, 5) is 2.08. The molecule has 0 aliphatic rings. The van der Waals surface area contributed by atoms with Crippen molar-refractivity contribution in [3.63, 3.8) is 0 Å². The van der Waals surface area contributed by atoms with E-state index in [2.05, 4.69) is 4.90 Å². The first-order valence-electron chi connectivity index (χ1n) is 7.42. The molecule has 22 heavy (non-hydrogen) atoms. The van der Waals surface area contributed by atoms with Crippen molar-refractivity contribution in [3.8, 4) is 17.2 Å². The quantitative estimate of drug-likeness (QED) is 0.681. The third kappa shape index (κ3) is 4.50. The molecular weight excluding hydrogens is 286 g/mol. The number of aliphatic hydroxyl groups is 2. The maximum atomic E-state index is 10.5. The van der Waals surface area contributed by atoms with Gasteiger partial charge in [-0.15, -0.1) is 0 Å². The van der Waals surface area contributed by atoms with Crippen LogP contribution in [0.15, 0.2) is 12.1 Å². The second-order valence-corrected chi connectivity index (χ2v) is 4.89. The largest absolute Gasteiger partial charge is 0.493 e. The van der Waals surface area contributed by atoms with Gasteiger partial charge in [0.25, 0.3) is 0 Å². The van der Waals surface area contributed by atoms with E-state index in [-0.39, 0.29) is 6.61 Å². The fourth-order valence-electron chi connectivity index (χ4n) is 2.42. The van der Waals surface area contributed by atoms with Crippen LogP contribution in [0.1, 0.15) is 25.0 Å². The van der Waals surface area contributed by atoms with Crippen LogP contribution in [-0.2, 0) is 0 Å². The molecule has 0 saturated carbocycles. The van der Waals surface area contributed by atoms with Gasteiger partial charge in [0.2, 0.25) is 5.75 Å². The molecule has 0 radical (unpaired) electrons. The van der Waals surface area contributed by atoms with E-state index in [1.807, 2.05) is 6.92 Å². The lowest BCUT2D eigenvalue weighted by Crippen LogP contribution is -2.28. The molecule has 2 N–H and O–H groups in total. The highest BCUT2D eigenvalue weighted by Gasteiger charge is 2.21. The van der Waals surface area contributed by atoms with Crippen LogP contribution in [0.25, 0.3) is 0 Å². The Hall–Kier alpha value is -1.50. The Balaban J connectivity index is 2.90. The van der Waals surface area contributed by atoms with Crippen LogP contribution in [0.2, 0.25) is 0 Å². The maximum Gasteiger partial charge on any atom is 0.203 e. The maximum absolute atomic E-state index is 10.5. The summed E-state index contributed by atoms with van der Waals surface area (Å²) >= 11 is 0. The van der Waals surface area contributed by atoms with Crippen molar-refractivity contribution in [1.82, 2.24) is 4.90 Å². The minimum absolute atomic E-state index is 0.115. The Morgan fingerprint density at radius 2 is 1.73 bits per heavy atom. The zero-order chi connectivity index (χ0) is 16.5. The van der Waals surface area contributed by atoms with Crippen LogP contribution in [0.4, 0.5) is 0 Å². The van der Waals surface area contributed by atoms with Crippen LogP contribution in [-0.4, -0.2) is 62.7 Å². The zero-order valence-corrected chi connectivity index (χ0v) is 13.8. The highest BCUT2D eigenvalue weighted by Crippen LogP contribution is 2.42. The standard InChI is InChI=1S/C16H27NO5/c1-5-17(10-11-18)9-8-13(19)12-6-7-14(20-2)16(22-4)15(12)21-3/h6-7,13,18-19H,5,8-11H2,1-4H3. The van der Waals surface area contributed by atoms with E-state index >= 15 is 0 Å². The summed E-state index contributed by atoms with van der Waals surface area (Å²) in [5, 5.41) is 19.5. The highest BCUT2D eigenvalue weighted by atomic mass is 16.5. The summed E-state index contributed by atoms with van der Waals surface area (Å²) < 4.78 is 16.0. The predicted octanol–water partition coefficient (Wildman–Crippen LogP) is 1.45. The molecule has 1 rings (SSSR count). The van der Waals surface area contributed by atoms with E-state index < -0.39 is 6.10 Å². The van der Waals surface area contributed by atoms with Gasteiger partial charge in [0.1, 0.15) is 0 Å². The number of aliphatic hydroxyl groups excluding tert-OH is 2. The van der Waals surface area contributed by atoms with E-state index in [0.29, 0.717) is 42.3 Å². The minimum Gasteiger partial charge on any atom is -0.493 e. The van der Waals surface area contributed by atoms with Gasteiger partial charge >= 0.3 is 0 Å². The van der Waals surface area contributed by atoms with Gasteiger partial charge in [-0.3, -0.25) is 0 Å². The lowest BCUT2D eigenvalue weighted by Gasteiger charge is -2.23. The minimum atomic E-state index is -0.678. The molecule has 0 aliphatic carbocycles. The van der Waals surface area contributed by atoms with Gasteiger partial charge in [-0.25, -0.2) is 0 Å². The first kappa shape index (κ1) is 18.5. The SMILES string of the molecule is CCN(CCO)CCC(O)c1ccc(OC)c(OC)c1OC. The highest BCUT2D eigenvalue weighted by molar-refractivity contribution is 5.56. The van der Waals surface area contributed by atoms with E-state index in [1.165, 1.54) is 14.2 Å². The second kappa shape index (κ2) is 9.50. The Kier molecular flexibility index (Phi) is 8.01. The van der Waals surface area contributed by atoms with Crippen molar-refractivity contribution in [2.45, 2.75) is 19.4 Å². The monoisotopic (exact) mass is 313 g/mol. The van der Waals surface area contributed by atoms with Crippen LogP contribution < -0.4 is 14.2 Å². The number of nitrogens with zero attached hydrogens (tertiary/aromatic N) is 1. The summed E-state index contributed by atoms with van der Waals surface area (Å²) in [6.07, 6.45) is -0.137. The van der Waals surface area contributed by atoms with Crippen molar-refractivity contribution in [1.29, 1.82) is 0 Å². The van der Waals surface area contributed by atoms with Gasteiger partial charge in [0, 0.05) is 18.7 Å². The van der Waals surface area contributed by atoms with Crippen LogP contribution in [0.5, 0.6) is 17.2 Å². The van der Waals surface area contributed by atoms with Crippen LogP contribution in [0.3, 0.4) is 0 Å². The van der Waals surface area contributed by atoms with Gasteiger partial charge < -0.3 is 29.3 Å². The molecule has 0 fully saturated rings. The molecule has 0 aliphatic heterocycles. The summed E-state index contributed by atoms with van der Waals surface area (Å²) in [6.45, 7) is 4.26. The predicted molar refractivity (Wildman–Crippen MR) is 84.9 cm³/mol. The summed E-state index contributed by atoms with van der Waals surface area (Å²) in [7, 11) is 4.63. The van der Waals surface area contributed by atoms with Crippen LogP contribution >= 0.6 is 0 Å². The smallest absolute Gasteiger partial charge is 0.203 e. The van der Waals surface area contributed by atoms with Gasteiger partial charge in [-0.1, -0.05) is 6.92 Å². The lowest BCUT2D eigenvalue weighted by atomic mass is 10.0. The fraction of sp³-hybridized carbons (Fsp3) is 0.625. The molecule has 0 saturated heterocycles. The molecule has 6 heteroatoms. The Morgan fingerprint density at radius 1 is 1.05 bits per heavy atom. The molecule has 0 spiro atoms. The van der Waals surface area contributed by atoms with Crippen molar-refractivity contribution in [3.05, 3.63) is 17.7 Å². The number of benzene rings is 1. The zero-order valence-electron chi connectivity index (χ0n) is 13.8. The van der Waals surface area contributed by atoms with Gasteiger partial charge in [-0.2, -0.15) is 0 Å². The summed E-state index contributed by atoms with van der Waals surface area (Å²) in [5.41, 5.74) is 0.667. The number of ether oxygens (including phenoxy) is 3. The number of hydrogen-bond acceptors (Lipinski definition) is 6. The van der Waals surface area contributed by atoms with Gasteiger partial charge in [0.15, 0.2) is 11.5 Å². The molecule has 126 valence electrons. The topological polar surface area (TPSA) is 71.4 Å². The molecule has 1 aromatic rings. The fourth-order valence-corrected chi connectivity index (χ4v) is 2.42. The molecule has 0 aromatic heterocycles. The van der Waals surface area contributed by atoms with E-state index in [9.17, 15) is 5.11 Å². The Labute approximate surface area is 132 Å². The first-order valence-corrected chi connectivity index (χ1v) is 7.42. The van der Waals surface area contributed by atoms with Crippen LogP contribution in [0, 0.1) is 0 Å². The van der Waals surface area contributed by atoms with Gasteiger partial charge in [-0.05, 0) is 25.1 Å². The Bertz CT molecular complexity index is 452. The van der Waals surface area contributed by atoms with Crippen molar-refractivity contribution < 1.29 is 24.4 Å². The average Bonchev–Trinajstić information content (AvgIpc) is 2.56. The molecule has 1 aromatic carbocycles. The molecule has 6 nitrogen and oxygen atoms in total. The molecule has 1 unspecified atom stereocenters. The van der Waals surface area contributed by atoms with Crippen molar-refractivity contribution in [2.24, 2.45) is 0 Å². The molecular formula is C16H27NO5. The third-order valence-electron chi connectivity index (χ3n) is 3.68. The second-order valence-electron chi connectivity index (χ2n) is 4.89. The average molecular weight is 313 g/mol. The summed E-state index contributed by atoms with van der Waals surface area (Å²) in [6, 6.07) is 3.54. The molecule has 1 atom stereocenters. The Morgan fingerprint density at radius 3 is 2.23 bits per heavy atom. The molecule has 0 heterocycles. The van der Waals surface area contributed by atoms with Crippen molar-refractivity contribution >= 4 is 0 Å². The first-order chi connectivity index (χ1) is 10.6. The molecule has 0 amide bonds. The van der Waals surface area contributed by atoms with Gasteiger partial charge in [0.05, 0.1) is 34.0 Å². The molecule has 0 bridgehead atoms. The van der Waals surface area contributed by atoms with Crippen molar-refractivity contribution in [2.75, 3.05) is 47.6 Å². The normalized spacial score (nSPS) is 12.3. The van der Waals surface area contributed by atoms with E-state index in [1.54, 1.807) is 19.2 Å². The number of hydrogen-bond donors (Lipinski definition) is 2. The number of methoxy groups -OCH3 is 3. The number of likely N-dealkylation sites (N-methyl/N-ethyl adjacent to an activating group) is 1. The number of rotatable bonds is 10. The summed E-state index contributed by atoms with van der Waals surface area (Å²) in [5.74, 6) is 1.52. The third-order valence-corrected chi connectivity index (χ3v) is 3.68.